The second-order valence-electron chi connectivity index (χ2n) is 24.4. The van der Waals surface area contributed by atoms with Gasteiger partial charge < -0.3 is 28.5 Å². The van der Waals surface area contributed by atoms with Crippen molar-refractivity contribution in [2.75, 3.05) is 47.5 Å². The van der Waals surface area contributed by atoms with Gasteiger partial charge >= 0.3 is 17.9 Å². The van der Waals surface area contributed by atoms with Crippen LogP contribution in [0.1, 0.15) is 258 Å². The lowest BCUT2D eigenvalue weighted by atomic mass is 10.0. The number of carboxylic acid groups (broad SMARTS) is 1. The van der Waals surface area contributed by atoms with Crippen LogP contribution in [0.5, 0.6) is 0 Å². The molecule has 9 nitrogen and oxygen atoms in total. The summed E-state index contributed by atoms with van der Waals surface area (Å²) in [5.74, 6) is -2.08. The molecule has 2 atom stereocenters. The van der Waals surface area contributed by atoms with Crippen LogP contribution < -0.4 is 0 Å². The number of nitrogens with zero attached hydrogens (tertiary/aromatic N) is 1. The van der Waals surface area contributed by atoms with Crippen LogP contribution in [-0.4, -0.2) is 87.4 Å². The van der Waals surface area contributed by atoms with Gasteiger partial charge in [0.2, 0.25) is 0 Å². The van der Waals surface area contributed by atoms with E-state index in [1.54, 1.807) is 0 Å². The normalized spacial score (nSPS) is 13.8. The quantitative estimate of drug-likeness (QED) is 0.0211. The van der Waals surface area contributed by atoms with Crippen LogP contribution >= 0.6 is 0 Å². The third-order valence-corrected chi connectivity index (χ3v) is 14.7. The molecule has 91 heavy (non-hydrogen) atoms. The number of esters is 2. The number of hydrogen-bond acceptors (Lipinski definition) is 7. The van der Waals surface area contributed by atoms with Gasteiger partial charge in [-0.15, -0.1) is 0 Å². The molecule has 1 N–H and O–H groups in total. The first-order valence-electron chi connectivity index (χ1n) is 35.9. The molecule has 0 radical (unpaired) electrons. The van der Waals surface area contributed by atoms with Gasteiger partial charge in [-0.2, -0.15) is 0 Å². The highest BCUT2D eigenvalue weighted by Gasteiger charge is 2.25. The van der Waals surface area contributed by atoms with E-state index in [2.05, 4.69) is 196 Å². The van der Waals surface area contributed by atoms with Crippen LogP contribution in [0.4, 0.5) is 0 Å². The molecule has 0 aromatic heterocycles. The number of unbranched alkanes of at least 4 members (excludes halogenated alkanes) is 19. The summed E-state index contributed by atoms with van der Waals surface area (Å²) >= 11 is 0. The van der Waals surface area contributed by atoms with Gasteiger partial charge in [-0.1, -0.05) is 292 Å². The fraction of sp³-hybridized carbons (Fsp3) is 0.598. The van der Waals surface area contributed by atoms with E-state index >= 15 is 0 Å². The van der Waals surface area contributed by atoms with Gasteiger partial charge in [-0.3, -0.25) is 9.59 Å². The van der Waals surface area contributed by atoms with Gasteiger partial charge in [0.15, 0.2) is 6.10 Å². The van der Waals surface area contributed by atoms with E-state index in [1.807, 2.05) is 21.1 Å². The van der Waals surface area contributed by atoms with Gasteiger partial charge in [0.05, 0.1) is 34.4 Å². The Morgan fingerprint density at radius 1 is 0.330 bits per heavy atom. The summed E-state index contributed by atoms with van der Waals surface area (Å²) < 4.78 is 22.9. The van der Waals surface area contributed by atoms with E-state index in [0.717, 1.165) is 128 Å². The summed E-state index contributed by atoms with van der Waals surface area (Å²) in [6.07, 6.45) is 104. The van der Waals surface area contributed by atoms with E-state index in [1.165, 1.54) is 96.3 Å². The average molecular weight is 1260 g/mol. The fourth-order valence-corrected chi connectivity index (χ4v) is 9.25. The Kier molecular flexibility index (Phi) is 65.9. The SMILES string of the molecule is CC/C=C\C/C=C\C/C=C\C/C=C\C/C=C\C/C=C\C/C=C\C/C=C\CCCCC(=O)OC(COC(=O)CCCCCCCCCCCCCCCCCCC/C=C\C/C=C\C/C=C\C/C=C\C/C=C\C/C=C\C/C=C\CC)COC(OCC[N+](C)(C)C)C(=O)O. The molecule has 0 aliphatic heterocycles. The molecule has 0 saturated heterocycles. The van der Waals surface area contributed by atoms with E-state index in [-0.39, 0.29) is 38.6 Å². The monoisotopic (exact) mass is 1260 g/mol. The van der Waals surface area contributed by atoms with Crippen LogP contribution in [0.25, 0.3) is 0 Å². The summed E-state index contributed by atoms with van der Waals surface area (Å²) in [6, 6.07) is 0. The standard InChI is InChI=1S/C82H131NO8/c1-6-8-10-12-14-16-18-20-22-24-26-28-30-32-34-35-36-37-38-39-40-41-42-43-44-45-47-48-50-52-54-56-58-60-62-64-66-68-70-72-79(84)89-76-78(77-90-82(81(86)87)88-75-74-83(3,4)5)91-80(85)73-71-69-67-65-63-61-59-57-55-53-51-49-46-33-31-29-27-25-23-21-19-17-15-13-11-9-7-2/h8-11,14-17,20-23,26-29,32-34,36-37,39-40,46,51,53,57,59,63,65,78,82H,6-7,12-13,18-19,24-25,30-31,35,38,41-45,47-50,52,54-56,58,60-62,64,66-77H2,1-5H3/p+1/b10-8-,11-9-,16-14-,17-15-,22-20-,23-21-,28-26-,29-27-,34-32-,37-36-,40-39-,46-33-,53-51-,59-57-,65-63-. The van der Waals surface area contributed by atoms with Gasteiger partial charge in [-0.05, 0) is 135 Å². The van der Waals surface area contributed by atoms with Crippen molar-refractivity contribution < 1.29 is 42.9 Å². The maximum Gasteiger partial charge on any atom is 0.361 e. The minimum Gasteiger partial charge on any atom is -0.477 e. The Balaban J connectivity index is 4.17. The summed E-state index contributed by atoms with van der Waals surface area (Å²) in [5, 5.41) is 9.75. The molecule has 0 saturated carbocycles. The first kappa shape index (κ1) is 85.4. The van der Waals surface area contributed by atoms with E-state index in [9.17, 15) is 19.5 Å². The molecule has 0 heterocycles. The number of carbonyl (C=O) groups is 3. The highest BCUT2D eigenvalue weighted by molar-refractivity contribution is 5.71. The maximum absolute atomic E-state index is 12.9. The number of quaternary nitrogens is 1. The highest BCUT2D eigenvalue weighted by atomic mass is 16.7. The Morgan fingerprint density at radius 3 is 0.901 bits per heavy atom. The Hall–Kier alpha value is -5.61. The van der Waals surface area contributed by atoms with E-state index in [4.69, 9.17) is 18.9 Å². The summed E-state index contributed by atoms with van der Waals surface area (Å²) in [6.45, 7) is 4.59. The number of carboxylic acids is 1. The van der Waals surface area contributed by atoms with E-state index < -0.39 is 24.3 Å². The zero-order valence-electron chi connectivity index (χ0n) is 58.4. The van der Waals surface area contributed by atoms with Crippen LogP contribution in [0.15, 0.2) is 182 Å². The predicted octanol–water partition coefficient (Wildman–Crippen LogP) is 22.8. The van der Waals surface area contributed by atoms with E-state index in [0.29, 0.717) is 17.4 Å². The fourth-order valence-electron chi connectivity index (χ4n) is 9.25. The third kappa shape index (κ3) is 71.7. The molecule has 0 spiro atoms. The van der Waals surface area contributed by atoms with Crippen molar-refractivity contribution in [1.82, 2.24) is 0 Å². The van der Waals surface area contributed by atoms with Crippen molar-refractivity contribution in [3.63, 3.8) is 0 Å². The van der Waals surface area contributed by atoms with Crippen molar-refractivity contribution in [3.8, 4) is 0 Å². The molecule has 0 rings (SSSR count). The van der Waals surface area contributed by atoms with Crippen molar-refractivity contribution in [2.45, 2.75) is 270 Å². The number of rotatable bonds is 64. The molecule has 0 aromatic carbocycles. The second-order valence-corrected chi connectivity index (χ2v) is 24.4. The minimum absolute atomic E-state index is 0.170. The Labute approximate surface area is 558 Å². The van der Waals surface area contributed by atoms with Crippen LogP contribution in [0.2, 0.25) is 0 Å². The number of likely N-dealkylation sites (N-methyl/N-ethyl adjacent to an activating group) is 1. The second kappa shape index (κ2) is 70.3. The molecule has 9 heteroatoms. The molecule has 0 aliphatic rings. The molecule has 512 valence electrons. The number of hydrogen-bond donors (Lipinski definition) is 1. The summed E-state index contributed by atoms with van der Waals surface area (Å²) in [5.41, 5.74) is 0. The highest BCUT2D eigenvalue weighted by Crippen LogP contribution is 2.16. The van der Waals surface area contributed by atoms with Gasteiger partial charge in [-0.25, -0.2) is 4.79 Å². The first-order valence-corrected chi connectivity index (χ1v) is 35.9. The largest absolute Gasteiger partial charge is 0.477 e. The predicted molar refractivity (Wildman–Crippen MR) is 391 cm³/mol. The molecule has 0 amide bonds. The summed E-state index contributed by atoms with van der Waals surface area (Å²) in [7, 11) is 5.95. The molecule has 0 bridgehead atoms. The lowest BCUT2D eigenvalue weighted by Crippen LogP contribution is -2.40. The zero-order chi connectivity index (χ0) is 66.1. The van der Waals surface area contributed by atoms with Gasteiger partial charge in [0, 0.05) is 12.8 Å². The van der Waals surface area contributed by atoms with Crippen LogP contribution in [-0.2, 0) is 33.3 Å². The number of allylic oxidation sites excluding steroid dienone is 30. The van der Waals surface area contributed by atoms with Crippen molar-refractivity contribution in [2.24, 2.45) is 0 Å². The molecular formula is C82H132NO8+. The smallest absolute Gasteiger partial charge is 0.361 e. The third-order valence-electron chi connectivity index (χ3n) is 14.7. The van der Waals surface area contributed by atoms with Crippen LogP contribution in [0, 0.1) is 0 Å². The molecular weight excluding hydrogens is 1130 g/mol. The Bertz CT molecular complexity index is 2150. The lowest BCUT2D eigenvalue weighted by molar-refractivity contribution is -0.870. The summed E-state index contributed by atoms with van der Waals surface area (Å²) in [4.78, 5) is 37.6. The molecule has 0 aliphatic carbocycles. The number of ether oxygens (including phenoxy) is 4. The molecule has 0 fully saturated rings. The molecule has 0 aromatic rings. The maximum atomic E-state index is 12.9. The van der Waals surface area contributed by atoms with Gasteiger partial charge in [0.1, 0.15) is 13.2 Å². The lowest BCUT2D eigenvalue weighted by Gasteiger charge is -2.25. The Morgan fingerprint density at radius 2 is 0.593 bits per heavy atom. The zero-order valence-corrected chi connectivity index (χ0v) is 58.4. The topological polar surface area (TPSA) is 108 Å². The van der Waals surface area contributed by atoms with Crippen molar-refractivity contribution in [3.05, 3.63) is 182 Å². The first-order chi connectivity index (χ1) is 44.6. The van der Waals surface area contributed by atoms with Gasteiger partial charge in [0.25, 0.3) is 6.29 Å². The van der Waals surface area contributed by atoms with Crippen LogP contribution in [0.3, 0.4) is 0 Å². The van der Waals surface area contributed by atoms with Crippen molar-refractivity contribution >= 4 is 17.9 Å². The van der Waals surface area contributed by atoms with Crippen molar-refractivity contribution in [1.29, 1.82) is 0 Å². The minimum atomic E-state index is -1.53. The average Bonchev–Trinajstić information content (AvgIpc) is 3.46. The molecule has 2 unspecified atom stereocenters. The number of aliphatic carboxylic acids is 1. The number of carbonyl (C=O) groups excluding carboxylic acids is 2.